The number of hydrogen-bond acceptors (Lipinski definition) is 1. The predicted molar refractivity (Wildman–Crippen MR) is 40.1 cm³/mol. The van der Waals surface area contributed by atoms with Crippen molar-refractivity contribution in [2.24, 2.45) is 5.92 Å². The van der Waals surface area contributed by atoms with Crippen LogP contribution in [0.1, 0.15) is 13.8 Å². The molecule has 1 heterocycles. The third-order valence-electron chi connectivity index (χ3n) is 1.62. The monoisotopic (exact) mass is 123 g/mol. The van der Waals surface area contributed by atoms with Gasteiger partial charge in [0, 0.05) is 12.2 Å². The molecule has 1 rings (SSSR count). The minimum absolute atomic E-state index is 0.664. The Kier molecular flexibility index (Phi) is 1.60. The van der Waals surface area contributed by atoms with Gasteiger partial charge in [-0.3, -0.25) is 0 Å². The number of rotatable bonds is 1. The summed E-state index contributed by atoms with van der Waals surface area (Å²) in [6.07, 6.45) is 2.13. The van der Waals surface area contributed by atoms with Gasteiger partial charge < -0.3 is 5.32 Å². The van der Waals surface area contributed by atoms with Gasteiger partial charge in [-0.2, -0.15) is 0 Å². The molecule has 0 bridgehead atoms. The molecule has 9 heavy (non-hydrogen) atoms. The average molecular weight is 123 g/mol. The van der Waals surface area contributed by atoms with Gasteiger partial charge in [0.25, 0.3) is 0 Å². The second-order valence-corrected chi connectivity index (χ2v) is 2.75. The van der Waals surface area contributed by atoms with E-state index in [1.165, 1.54) is 5.57 Å². The molecular weight excluding hydrogens is 110 g/mol. The quantitative estimate of drug-likeness (QED) is 0.559. The smallest absolute Gasteiger partial charge is 0.0366 e. The molecule has 1 aliphatic rings. The van der Waals surface area contributed by atoms with Crippen LogP contribution in [0.4, 0.5) is 0 Å². The Morgan fingerprint density at radius 3 is 2.56 bits per heavy atom. The topological polar surface area (TPSA) is 12.0 Å². The highest BCUT2D eigenvalue weighted by atomic mass is 14.9. The highest BCUT2D eigenvalue weighted by Crippen LogP contribution is 2.14. The van der Waals surface area contributed by atoms with Crippen molar-refractivity contribution in [2.45, 2.75) is 13.8 Å². The van der Waals surface area contributed by atoms with Crippen molar-refractivity contribution < 1.29 is 0 Å². The minimum atomic E-state index is 0.664. The zero-order valence-corrected chi connectivity index (χ0v) is 6.07. The fourth-order valence-electron chi connectivity index (χ4n) is 0.912. The summed E-state index contributed by atoms with van der Waals surface area (Å²) in [5, 5.41) is 3.16. The molecule has 1 N–H and O–H groups in total. The summed E-state index contributed by atoms with van der Waals surface area (Å²) in [6, 6.07) is 0. The van der Waals surface area contributed by atoms with Crippen LogP contribution in [0.5, 0.6) is 0 Å². The Balaban J connectivity index is 2.62. The molecule has 0 saturated heterocycles. The van der Waals surface area contributed by atoms with Crippen molar-refractivity contribution in [1.29, 1.82) is 0 Å². The van der Waals surface area contributed by atoms with Crippen molar-refractivity contribution >= 4 is 0 Å². The lowest BCUT2D eigenvalue weighted by molar-refractivity contribution is 0.738. The third kappa shape index (κ3) is 1.35. The van der Waals surface area contributed by atoms with E-state index in [2.05, 4.69) is 31.8 Å². The highest BCUT2D eigenvalue weighted by molar-refractivity contribution is 5.28. The maximum atomic E-state index is 3.80. The number of allylic oxidation sites excluding steroid dienone is 1. The Morgan fingerprint density at radius 1 is 1.67 bits per heavy atom. The summed E-state index contributed by atoms with van der Waals surface area (Å²) in [4.78, 5) is 0. The lowest BCUT2D eigenvalue weighted by atomic mass is 10.1. The van der Waals surface area contributed by atoms with Gasteiger partial charge in [0.15, 0.2) is 0 Å². The van der Waals surface area contributed by atoms with E-state index in [0.29, 0.717) is 5.92 Å². The largest absolute Gasteiger partial charge is 0.382 e. The molecule has 0 amide bonds. The number of hydrogen-bond donors (Lipinski definition) is 1. The lowest BCUT2D eigenvalue weighted by Crippen LogP contribution is -2.08. The van der Waals surface area contributed by atoms with Gasteiger partial charge in [-0.05, 0) is 17.6 Å². The first-order chi connectivity index (χ1) is 4.20. The second-order valence-electron chi connectivity index (χ2n) is 2.75. The molecule has 0 aromatic heterocycles. The van der Waals surface area contributed by atoms with Crippen LogP contribution >= 0.6 is 0 Å². The maximum Gasteiger partial charge on any atom is 0.0366 e. The molecule has 1 nitrogen and oxygen atoms in total. The molecule has 0 fully saturated rings. The maximum absolute atomic E-state index is 3.80. The van der Waals surface area contributed by atoms with E-state index in [0.717, 1.165) is 12.2 Å². The summed E-state index contributed by atoms with van der Waals surface area (Å²) < 4.78 is 0. The van der Waals surface area contributed by atoms with Crippen LogP contribution in [0.15, 0.2) is 23.9 Å². The molecule has 0 saturated carbocycles. The molecule has 0 radical (unpaired) electrons. The van der Waals surface area contributed by atoms with Gasteiger partial charge in [-0.25, -0.2) is 0 Å². The van der Waals surface area contributed by atoms with Crippen LogP contribution in [0, 0.1) is 5.92 Å². The van der Waals surface area contributed by atoms with Gasteiger partial charge in [0.1, 0.15) is 0 Å². The first kappa shape index (κ1) is 6.40. The standard InChI is InChI=1S/C8H13N/c1-6(2)8-4-7(3)9-5-8/h4,6,9H,3,5H2,1-2H3. The van der Waals surface area contributed by atoms with Gasteiger partial charge in [0.2, 0.25) is 0 Å². The summed E-state index contributed by atoms with van der Waals surface area (Å²) in [5.41, 5.74) is 2.51. The molecule has 50 valence electrons. The van der Waals surface area contributed by atoms with Gasteiger partial charge in [-0.1, -0.05) is 20.4 Å². The molecule has 0 aliphatic carbocycles. The van der Waals surface area contributed by atoms with Gasteiger partial charge in [-0.15, -0.1) is 0 Å². The Morgan fingerprint density at radius 2 is 2.33 bits per heavy atom. The van der Waals surface area contributed by atoms with Crippen molar-refractivity contribution in [3.8, 4) is 0 Å². The molecule has 0 aromatic rings. The van der Waals surface area contributed by atoms with Crippen molar-refractivity contribution in [2.75, 3.05) is 6.54 Å². The van der Waals surface area contributed by atoms with Crippen molar-refractivity contribution in [3.63, 3.8) is 0 Å². The molecule has 1 heteroatoms. The van der Waals surface area contributed by atoms with E-state index >= 15 is 0 Å². The molecular formula is C8H13N. The van der Waals surface area contributed by atoms with Crippen LogP contribution in [0.2, 0.25) is 0 Å². The Bertz CT molecular complexity index is 154. The highest BCUT2D eigenvalue weighted by Gasteiger charge is 2.08. The molecule has 0 atom stereocenters. The van der Waals surface area contributed by atoms with E-state index in [9.17, 15) is 0 Å². The van der Waals surface area contributed by atoms with Gasteiger partial charge >= 0.3 is 0 Å². The Labute approximate surface area is 56.5 Å². The normalized spacial score (nSPS) is 18.1. The molecule has 1 aliphatic heterocycles. The fraction of sp³-hybridized carbons (Fsp3) is 0.500. The minimum Gasteiger partial charge on any atom is -0.382 e. The SMILES string of the molecule is C=C1C=C(C(C)C)CN1. The zero-order valence-electron chi connectivity index (χ0n) is 6.07. The first-order valence-corrected chi connectivity index (χ1v) is 3.33. The van der Waals surface area contributed by atoms with Crippen molar-refractivity contribution in [3.05, 3.63) is 23.9 Å². The summed E-state index contributed by atoms with van der Waals surface area (Å²) >= 11 is 0. The van der Waals surface area contributed by atoms with E-state index in [1.807, 2.05) is 0 Å². The lowest BCUT2D eigenvalue weighted by Gasteiger charge is -2.02. The summed E-state index contributed by atoms with van der Waals surface area (Å²) in [7, 11) is 0. The zero-order chi connectivity index (χ0) is 6.85. The molecule has 0 spiro atoms. The van der Waals surface area contributed by atoms with Crippen LogP contribution < -0.4 is 5.32 Å². The van der Waals surface area contributed by atoms with Crippen LogP contribution in [0.3, 0.4) is 0 Å². The summed E-state index contributed by atoms with van der Waals surface area (Å²) in [6.45, 7) is 9.20. The average Bonchev–Trinajstić information content (AvgIpc) is 2.14. The van der Waals surface area contributed by atoms with Crippen LogP contribution in [-0.2, 0) is 0 Å². The molecule has 0 unspecified atom stereocenters. The first-order valence-electron chi connectivity index (χ1n) is 3.33. The number of nitrogens with one attached hydrogen (secondary N) is 1. The second kappa shape index (κ2) is 2.26. The van der Waals surface area contributed by atoms with Crippen LogP contribution in [-0.4, -0.2) is 6.54 Å². The van der Waals surface area contributed by atoms with E-state index in [1.54, 1.807) is 0 Å². The fourth-order valence-corrected chi connectivity index (χ4v) is 0.912. The van der Waals surface area contributed by atoms with E-state index < -0.39 is 0 Å². The predicted octanol–water partition coefficient (Wildman–Crippen LogP) is 1.69. The summed E-state index contributed by atoms with van der Waals surface area (Å²) in [5.74, 6) is 0.664. The van der Waals surface area contributed by atoms with E-state index in [4.69, 9.17) is 0 Å². The van der Waals surface area contributed by atoms with Gasteiger partial charge in [0.05, 0.1) is 0 Å². The van der Waals surface area contributed by atoms with E-state index in [-0.39, 0.29) is 0 Å². The Hall–Kier alpha value is -0.720. The van der Waals surface area contributed by atoms with Crippen LogP contribution in [0.25, 0.3) is 0 Å². The van der Waals surface area contributed by atoms with Crippen molar-refractivity contribution in [1.82, 2.24) is 5.32 Å². The molecule has 0 aromatic carbocycles. The third-order valence-corrected chi connectivity index (χ3v) is 1.62.